The van der Waals surface area contributed by atoms with Gasteiger partial charge >= 0.3 is 17.8 Å². The average Bonchev–Trinajstić information content (AvgIpc) is 2.59. The van der Waals surface area contributed by atoms with Crippen LogP contribution < -0.4 is 5.73 Å². The fourth-order valence-electron chi connectivity index (χ4n) is 2.47. The Morgan fingerprint density at radius 1 is 1.10 bits per heavy atom. The van der Waals surface area contributed by atoms with Crippen molar-refractivity contribution in [1.29, 1.82) is 0 Å². The molecule has 1 heterocycles. The molecule has 7 nitrogen and oxygen atoms in total. The molecule has 1 fully saturated rings. The molecule has 5 amide bonds. The molecule has 0 aliphatic carbocycles. The molecular weight excluding hydrogens is 274 g/mol. The van der Waals surface area contributed by atoms with Gasteiger partial charge in [-0.2, -0.15) is 0 Å². The molecule has 7 heteroatoms. The second kappa shape index (κ2) is 5.01. The zero-order valence-corrected chi connectivity index (χ0v) is 11.9. The van der Waals surface area contributed by atoms with Gasteiger partial charge in [-0.25, -0.2) is 9.69 Å². The van der Waals surface area contributed by atoms with Crippen molar-refractivity contribution in [1.82, 2.24) is 9.80 Å². The maximum absolute atomic E-state index is 12.1. The van der Waals surface area contributed by atoms with Gasteiger partial charge in [0.2, 0.25) is 5.91 Å². The minimum Gasteiger partial charge on any atom is -0.368 e. The highest BCUT2D eigenvalue weighted by Crippen LogP contribution is 2.30. The Kier molecular flexibility index (Phi) is 3.51. The summed E-state index contributed by atoms with van der Waals surface area (Å²) < 4.78 is 0. The zero-order valence-electron chi connectivity index (χ0n) is 11.9. The Hall–Kier alpha value is -2.70. The normalized spacial score (nSPS) is 16.6. The number of primary amides is 1. The number of likely N-dealkylation sites (N-methyl/N-ethyl adjacent to an activating group) is 1. The van der Waals surface area contributed by atoms with Gasteiger partial charge in [0.15, 0.2) is 0 Å². The van der Waals surface area contributed by atoms with Crippen LogP contribution in [0.3, 0.4) is 0 Å². The van der Waals surface area contributed by atoms with Crippen LogP contribution in [0.15, 0.2) is 18.2 Å². The molecule has 21 heavy (non-hydrogen) atoms. The summed E-state index contributed by atoms with van der Waals surface area (Å²) in [5, 5.41) is 0. The first-order chi connectivity index (χ1) is 9.77. The number of benzene rings is 1. The number of rotatable bonds is 3. The summed E-state index contributed by atoms with van der Waals surface area (Å²) in [6.45, 7) is 3.49. The summed E-state index contributed by atoms with van der Waals surface area (Å²) in [5.74, 6) is -2.89. The molecule has 110 valence electrons. The van der Waals surface area contributed by atoms with Crippen molar-refractivity contribution in [3.05, 3.63) is 34.9 Å². The van der Waals surface area contributed by atoms with Gasteiger partial charge in [0.05, 0.1) is 0 Å². The Morgan fingerprint density at radius 2 is 1.62 bits per heavy atom. The molecule has 0 saturated carbocycles. The predicted molar refractivity (Wildman–Crippen MR) is 72.9 cm³/mol. The predicted octanol–water partition coefficient (Wildman–Crippen LogP) is 0.250. The van der Waals surface area contributed by atoms with E-state index in [4.69, 9.17) is 5.73 Å². The van der Waals surface area contributed by atoms with E-state index >= 15 is 0 Å². The standard InChI is InChI=1S/C14H15N3O4/c1-7-5-4-6-8(2)9(7)10(11(15)18)17-13(20)12(19)16(3)14(17)21/h4-6,10H,1-3H3,(H2,15,18). The maximum Gasteiger partial charge on any atom is 0.334 e. The summed E-state index contributed by atoms with van der Waals surface area (Å²) in [4.78, 5) is 48.8. The molecule has 1 saturated heterocycles. The van der Waals surface area contributed by atoms with E-state index in [9.17, 15) is 19.2 Å². The molecule has 1 aliphatic rings. The number of carbonyl (C=O) groups is 4. The maximum atomic E-state index is 12.1. The third-order valence-electron chi connectivity index (χ3n) is 3.54. The topological polar surface area (TPSA) is 101 Å². The monoisotopic (exact) mass is 289 g/mol. The highest BCUT2D eigenvalue weighted by molar-refractivity contribution is 6.45. The van der Waals surface area contributed by atoms with Gasteiger partial charge in [-0.1, -0.05) is 18.2 Å². The smallest absolute Gasteiger partial charge is 0.334 e. The zero-order chi connectivity index (χ0) is 15.9. The third-order valence-corrected chi connectivity index (χ3v) is 3.54. The van der Waals surface area contributed by atoms with E-state index in [0.29, 0.717) is 26.5 Å². The molecule has 1 aliphatic heterocycles. The highest BCUT2D eigenvalue weighted by atomic mass is 16.2. The number of imide groups is 2. The Morgan fingerprint density at radius 3 is 2.00 bits per heavy atom. The lowest BCUT2D eigenvalue weighted by atomic mass is 9.94. The van der Waals surface area contributed by atoms with Crippen molar-refractivity contribution in [2.24, 2.45) is 5.73 Å². The average molecular weight is 289 g/mol. The van der Waals surface area contributed by atoms with Crippen LogP contribution in [0.4, 0.5) is 4.79 Å². The van der Waals surface area contributed by atoms with Crippen LogP contribution in [0.1, 0.15) is 22.7 Å². The fourth-order valence-corrected chi connectivity index (χ4v) is 2.47. The van der Waals surface area contributed by atoms with Crippen LogP contribution in [0.5, 0.6) is 0 Å². The number of aryl methyl sites for hydroxylation is 2. The number of hydrogen-bond acceptors (Lipinski definition) is 4. The molecule has 1 aromatic carbocycles. The second-order valence-corrected chi connectivity index (χ2v) is 4.93. The molecule has 2 rings (SSSR count). The van der Waals surface area contributed by atoms with E-state index < -0.39 is 29.8 Å². The van der Waals surface area contributed by atoms with E-state index in [0.717, 1.165) is 0 Å². The minimum absolute atomic E-state index is 0.467. The lowest BCUT2D eigenvalue weighted by Gasteiger charge is -2.25. The summed E-state index contributed by atoms with van der Waals surface area (Å²) in [6.07, 6.45) is 0. The van der Waals surface area contributed by atoms with Gasteiger partial charge in [0.25, 0.3) is 0 Å². The van der Waals surface area contributed by atoms with E-state index in [1.807, 2.05) is 0 Å². The quantitative estimate of drug-likeness (QED) is 0.636. The van der Waals surface area contributed by atoms with E-state index in [2.05, 4.69) is 0 Å². The van der Waals surface area contributed by atoms with Crippen molar-refractivity contribution in [3.63, 3.8) is 0 Å². The largest absolute Gasteiger partial charge is 0.368 e. The SMILES string of the molecule is Cc1cccc(C)c1C(C(N)=O)N1C(=O)C(=O)N(C)C1=O. The van der Waals surface area contributed by atoms with Crippen molar-refractivity contribution in [2.45, 2.75) is 19.9 Å². The van der Waals surface area contributed by atoms with Gasteiger partial charge in [0.1, 0.15) is 6.04 Å². The molecule has 0 bridgehead atoms. The third kappa shape index (κ3) is 2.16. The lowest BCUT2D eigenvalue weighted by Crippen LogP contribution is -2.42. The van der Waals surface area contributed by atoms with Crippen LogP contribution >= 0.6 is 0 Å². The van der Waals surface area contributed by atoms with Gasteiger partial charge in [-0.3, -0.25) is 19.3 Å². The van der Waals surface area contributed by atoms with Crippen LogP contribution in [0, 0.1) is 13.8 Å². The molecule has 2 N–H and O–H groups in total. The Bertz CT molecular complexity index is 648. The first-order valence-corrected chi connectivity index (χ1v) is 6.28. The highest BCUT2D eigenvalue weighted by Gasteiger charge is 2.48. The molecule has 0 radical (unpaired) electrons. The fraction of sp³-hybridized carbons (Fsp3) is 0.286. The van der Waals surface area contributed by atoms with Crippen molar-refractivity contribution < 1.29 is 19.2 Å². The second-order valence-electron chi connectivity index (χ2n) is 4.93. The van der Waals surface area contributed by atoms with E-state index in [-0.39, 0.29) is 0 Å². The molecule has 1 aromatic rings. The number of carbonyl (C=O) groups excluding carboxylic acids is 4. The summed E-state index contributed by atoms with van der Waals surface area (Å²) >= 11 is 0. The van der Waals surface area contributed by atoms with Crippen molar-refractivity contribution in [2.75, 3.05) is 7.05 Å². The van der Waals surface area contributed by atoms with Crippen LogP contribution in [0.2, 0.25) is 0 Å². The van der Waals surface area contributed by atoms with Crippen molar-refractivity contribution >= 4 is 23.8 Å². The van der Waals surface area contributed by atoms with Gasteiger partial charge < -0.3 is 5.73 Å². The Labute approximate surface area is 121 Å². The van der Waals surface area contributed by atoms with E-state index in [1.54, 1.807) is 32.0 Å². The van der Waals surface area contributed by atoms with Crippen LogP contribution in [-0.4, -0.2) is 40.6 Å². The molecule has 0 spiro atoms. The van der Waals surface area contributed by atoms with E-state index in [1.165, 1.54) is 7.05 Å². The number of nitrogens with two attached hydrogens (primary N) is 1. The lowest BCUT2D eigenvalue weighted by molar-refractivity contribution is -0.144. The van der Waals surface area contributed by atoms with Gasteiger partial charge in [-0.05, 0) is 30.5 Å². The first-order valence-electron chi connectivity index (χ1n) is 6.28. The number of nitrogens with zero attached hydrogens (tertiary/aromatic N) is 2. The molecular formula is C14H15N3O4. The first kappa shape index (κ1) is 14.7. The number of amides is 5. The molecule has 1 atom stereocenters. The summed E-state index contributed by atoms with van der Waals surface area (Å²) in [7, 11) is 1.19. The van der Waals surface area contributed by atoms with Crippen molar-refractivity contribution in [3.8, 4) is 0 Å². The minimum atomic E-state index is -1.29. The molecule has 1 unspecified atom stereocenters. The van der Waals surface area contributed by atoms with Gasteiger partial charge in [0, 0.05) is 7.05 Å². The molecule has 0 aromatic heterocycles. The number of urea groups is 1. The summed E-state index contributed by atoms with van der Waals surface area (Å²) in [6, 6.07) is 3.14. The number of hydrogen-bond donors (Lipinski definition) is 1. The van der Waals surface area contributed by atoms with Crippen LogP contribution in [0.25, 0.3) is 0 Å². The van der Waals surface area contributed by atoms with Gasteiger partial charge in [-0.15, -0.1) is 0 Å². The summed E-state index contributed by atoms with van der Waals surface area (Å²) in [5.41, 5.74) is 7.27. The Balaban J connectivity index is 2.61. The van der Waals surface area contributed by atoms with Crippen LogP contribution in [-0.2, 0) is 14.4 Å².